The van der Waals surface area contributed by atoms with E-state index in [2.05, 4.69) is 25.8 Å². The Kier molecular flexibility index (Phi) is 12.6. The second kappa shape index (κ2) is 14.6. The first-order valence-corrected chi connectivity index (χ1v) is 10.2. The second-order valence-electron chi connectivity index (χ2n) is 6.96. The van der Waals surface area contributed by atoms with E-state index in [0.717, 1.165) is 50.1 Å². The average Bonchev–Trinajstić information content (AvgIpc) is 3.23. The van der Waals surface area contributed by atoms with E-state index in [0.29, 0.717) is 17.7 Å². The lowest BCUT2D eigenvalue weighted by atomic mass is 10.2. The molecule has 2 aromatic rings. The monoisotopic (exact) mass is 544 g/mol. The van der Waals surface area contributed by atoms with Gasteiger partial charge in [-0.3, -0.25) is 4.79 Å². The molecule has 1 heterocycles. The molecule has 0 spiro atoms. The van der Waals surface area contributed by atoms with Gasteiger partial charge in [-0.05, 0) is 44.0 Å². The third-order valence-corrected chi connectivity index (χ3v) is 4.39. The van der Waals surface area contributed by atoms with E-state index in [9.17, 15) is 4.79 Å². The number of nitrogens with zero attached hydrogens (tertiary/aromatic N) is 4. The molecular formula is C21H33IN6O3. The van der Waals surface area contributed by atoms with E-state index in [4.69, 9.17) is 9.26 Å². The Bertz CT molecular complexity index is 808. The van der Waals surface area contributed by atoms with Crippen LogP contribution in [0.1, 0.15) is 32.1 Å². The lowest BCUT2D eigenvalue weighted by molar-refractivity contribution is -0.127. The molecule has 0 bridgehead atoms. The number of guanidine groups is 1. The Balaban J connectivity index is 0.00000480. The van der Waals surface area contributed by atoms with Crippen molar-refractivity contribution in [3.63, 3.8) is 0 Å². The normalized spacial score (nSPS) is 10.9. The predicted molar refractivity (Wildman–Crippen MR) is 132 cm³/mol. The number of benzene rings is 1. The fraction of sp³-hybridized carbons (Fsp3) is 0.524. The van der Waals surface area contributed by atoms with E-state index in [1.165, 1.54) is 4.90 Å². The Labute approximate surface area is 201 Å². The number of amides is 1. The van der Waals surface area contributed by atoms with Gasteiger partial charge in [-0.2, -0.15) is 4.98 Å². The van der Waals surface area contributed by atoms with Crippen LogP contribution in [0.15, 0.2) is 33.8 Å². The zero-order valence-corrected chi connectivity index (χ0v) is 21.0. The highest BCUT2D eigenvalue weighted by Gasteiger charge is 2.09. The SMILES string of the molecule is CCNC(=NCC(=O)N(C)C)NCCCCCc1nc(-c2ccc(OC)cc2)no1.I. The molecule has 2 rings (SSSR count). The minimum Gasteiger partial charge on any atom is -0.497 e. The summed E-state index contributed by atoms with van der Waals surface area (Å²) in [7, 11) is 5.08. The van der Waals surface area contributed by atoms with Crippen LogP contribution in [0.2, 0.25) is 0 Å². The number of halogens is 1. The first-order chi connectivity index (χ1) is 14.5. The Hall–Kier alpha value is -2.37. The van der Waals surface area contributed by atoms with Crippen LogP contribution in [-0.4, -0.2) is 67.7 Å². The number of hydrogen-bond donors (Lipinski definition) is 2. The van der Waals surface area contributed by atoms with E-state index in [1.807, 2.05) is 31.2 Å². The summed E-state index contributed by atoms with van der Waals surface area (Å²) in [6.07, 6.45) is 3.70. The van der Waals surface area contributed by atoms with Crippen LogP contribution in [0.5, 0.6) is 5.75 Å². The van der Waals surface area contributed by atoms with Crippen molar-refractivity contribution in [2.24, 2.45) is 4.99 Å². The molecule has 0 fully saturated rings. The minimum absolute atomic E-state index is 0. The summed E-state index contributed by atoms with van der Waals surface area (Å²) in [6.45, 7) is 3.66. The number of unbranched alkanes of at least 4 members (excludes halogenated alkanes) is 2. The maximum absolute atomic E-state index is 11.7. The molecule has 31 heavy (non-hydrogen) atoms. The number of ether oxygens (including phenoxy) is 1. The molecule has 1 amide bonds. The molecule has 0 unspecified atom stereocenters. The van der Waals surface area contributed by atoms with Gasteiger partial charge in [-0.1, -0.05) is 11.6 Å². The lowest BCUT2D eigenvalue weighted by Crippen LogP contribution is -2.38. The Morgan fingerprint density at radius 2 is 1.90 bits per heavy atom. The summed E-state index contributed by atoms with van der Waals surface area (Å²) >= 11 is 0. The second-order valence-corrected chi connectivity index (χ2v) is 6.96. The highest BCUT2D eigenvalue weighted by molar-refractivity contribution is 14.0. The number of nitrogens with one attached hydrogen (secondary N) is 2. The molecule has 0 saturated carbocycles. The fourth-order valence-corrected chi connectivity index (χ4v) is 2.63. The molecule has 1 aromatic carbocycles. The largest absolute Gasteiger partial charge is 0.497 e. The molecule has 1 aromatic heterocycles. The van der Waals surface area contributed by atoms with Gasteiger partial charge >= 0.3 is 0 Å². The standard InChI is InChI=1S/C21H32N6O3.HI/c1-5-22-21(24-15-19(28)27(2)3)23-14-8-6-7-9-18-25-20(26-30-18)16-10-12-17(29-4)13-11-16;/h10-13H,5-9,14-15H2,1-4H3,(H2,22,23,24);1H. The molecule has 9 nitrogen and oxygen atoms in total. The maximum Gasteiger partial charge on any atom is 0.243 e. The molecule has 10 heteroatoms. The van der Waals surface area contributed by atoms with Crippen LogP contribution < -0.4 is 15.4 Å². The summed E-state index contributed by atoms with van der Waals surface area (Å²) in [6, 6.07) is 7.57. The number of aliphatic imine (C=N–C) groups is 1. The summed E-state index contributed by atoms with van der Waals surface area (Å²) in [5, 5.41) is 10.5. The maximum atomic E-state index is 11.7. The van der Waals surface area contributed by atoms with Crippen molar-refractivity contribution < 1.29 is 14.1 Å². The van der Waals surface area contributed by atoms with Crippen LogP contribution in [0.4, 0.5) is 0 Å². The number of hydrogen-bond acceptors (Lipinski definition) is 6. The van der Waals surface area contributed by atoms with E-state index >= 15 is 0 Å². The Morgan fingerprint density at radius 1 is 1.16 bits per heavy atom. The summed E-state index contributed by atoms with van der Waals surface area (Å²) in [5.41, 5.74) is 0.901. The molecule has 0 saturated heterocycles. The Morgan fingerprint density at radius 3 is 2.55 bits per heavy atom. The van der Waals surface area contributed by atoms with Crippen LogP contribution in [-0.2, 0) is 11.2 Å². The molecule has 0 atom stereocenters. The smallest absolute Gasteiger partial charge is 0.243 e. The van der Waals surface area contributed by atoms with Crippen molar-refractivity contribution in [3.8, 4) is 17.1 Å². The zero-order valence-electron chi connectivity index (χ0n) is 18.7. The predicted octanol–water partition coefficient (Wildman–Crippen LogP) is 2.72. The van der Waals surface area contributed by atoms with Gasteiger partial charge in [0.2, 0.25) is 17.6 Å². The zero-order chi connectivity index (χ0) is 21.8. The van der Waals surface area contributed by atoms with Crippen molar-refractivity contribution in [1.82, 2.24) is 25.7 Å². The van der Waals surface area contributed by atoms with Gasteiger partial charge in [0.1, 0.15) is 12.3 Å². The number of aryl methyl sites for hydroxylation is 1. The fourth-order valence-electron chi connectivity index (χ4n) is 2.63. The number of carbonyl (C=O) groups is 1. The van der Waals surface area contributed by atoms with Gasteiger partial charge in [0.25, 0.3) is 0 Å². The van der Waals surface area contributed by atoms with Gasteiger partial charge in [-0.15, -0.1) is 24.0 Å². The molecule has 0 aliphatic heterocycles. The van der Waals surface area contributed by atoms with Crippen molar-refractivity contribution in [2.75, 3.05) is 40.8 Å². The topological polar surface area (TPSA) is 105 Å². The molecular weight excluding hydrogens is 511 g/mol. The summed E-state index contributed by atoms with van der Waals surface area (Å²) in [4.78, 5) is 22.0. The number of aromatic nitrogens is 2. The highest BCUT2D eigenvalue weighted by atomic mass is 127. The van der Waals surface area contributed by atoms with Crippen LogP contribution in [0.3, 0.4) is 0 Å². The molecule has 2 N–H and O–H groups in total. The molecule has 172 valence electrons. The van der Waals surface area contributed by atoms with Crippen molar-refractivity contribution >= 4 is 35.8 Å². The number of methoxy groups -OCH3 is 1. The van der Waals surface area contributed by atoms with Gasteiger partial charge in [0.05, 0.1) is 7.11 Å². The van der Waals surface area contributed by atoms with Crippen LogP contribution >= 0.6 is 24.0 Å². The van der Waals surface area contributed by atoms with Gasteiger partial charge in [0, 0.05) is 39.2 Å². The van der Waals surface area contributed by atoms with Crippen LogP contribution in [0, 0.1) is 0 Å². The third-order valence-electron chi connectivity index (χ3n) is 4.39. The van der Waals surface area contributed by atoms with Crippen molar-refractivity contribution in [3.05, 3.63) is 30.2 Å². The highest BCUT2D eigenvalue weighted by Crippen LogP contribution is 2.20. The van der Waals surface area contributed by atoms with E-state index in [1.54, 1.807) is 21.2 Å². The molecule has 0 aliphatic rings. The van der Waals surface area contributed by atoms with Gasteiger partial charge in [-0.25, -0.2) is 4.99 Å². The number of carbonyl (C=O) groups excluding carboxylic acids is 1. The van der Waals surface area contributed by atoms with Crippen LogP contribution in [0.25, 0.3) is 11.4 Å². The van der Waals surface area contributed by atoms with E-state index in [-0.39, 0.29) is 36.4 Å². The first-order valence-electron chi connectivity index (χ1n) is 10.2. The van der Waals surface area contributed by atoms with E-state index < -0.39 is 0 Å². The average molecular weight is 544 g/mol. The van der Waals surface area contributed by atoms with Gasteiger partial charge in [0.15, 0.2) is 5.96 Å². The lowest BCUT2D eigenvalue weighted by Gasteiger charge is -2.12. The third kappa shape index (κ3) is 9.53. The van der Waals surface area contributed by atoms with Gasteiger partial charge < -0.3 is 24.8 Å². The van der Waals surface area contributed by atoms with Crippen molar-refractivity contribution in [2.45, 2.75) is 32.6 Å². The molecule has 0 radical (unpaired) electrons. The quantitative estimate of drug-likeness (QED) is 0.194. The summed E-state index contributed by atoms with van der Waals surface area (Å²) in [5.74, 6) is 2.66. The number of rotatable bonds is 11. The minimum atomic E-state index is -0.0271. The number of likely N-dealkylation sites (N-methyl/N-ethyl adjacent to an activating group) is 1. The summed E-state index contributed by atoms with van der Waals surface area (Å²) < 4.78 is 10.5. The first kappa shape index (κ1) is 26.7. The molecule has 0 aliphatic carbocycles. The van der Waals surface area contributed by atoms with Crippen molar-refractivity contribution in [1.29, 1.82) is 0 Å².